The number of esters is 1. The minimum Gasteiger partial charge on any atom is -0.460 e. The van der Waals surface area contributed by atoms with E-state index in [1.165, 1.54) is 0 Å². The summed E-state index contributed by atoms with van der Waals surface area (Å²) in [5.41, 5.74) is -1.72. The van der Waals surface area contributed by atoms with Crippen molar-refractivity contribution >= 4 is 16.0 Å². The molecule has 146 valence electrons. The molecule has 0 saturated heterocycles. The van der Waals surface area contributed by atoms with E-state index >= 15 is 0 Å². The van der Waals surface area contributed by atoms with Gasteiger partial charge in [0, 0.05) is 12.6 Å². The molecule has 0 aromatic heterocycles. The highest BCUT2D eigenvalue weighted by molar-refractivity contribution is 7.89. The SMILES string of the molecule is CC(C)(C)OC(=O)CCN(C1CC1)S(=O)(=O)c1cccc(C(F)(F)F)c1. The highest BCUT2D eigenvalue weighted by atomic mass is 32.2. The summed E-state index contributed by atoms with van der Waals surface area (Å²) < 4.78 is 70.5. The number of halogens is 3. The molecule has 9 heteroatoms. The maximum atomic E-state index is 12.9. The molecule has 0 heterocycles. The predicted octanol–water partition coefficient (Wildman–Crippen LogP) is 3.59. The topological polar surface area (TPSA) is 63.7 Å². The molecule has 1 aromatic carbocycles. The largest absolute Gasteiger partial charge is 0.460 e. The van der Waals surface area contributed by atoms with E-state index in [9.17, 15) is 26.4 Å². The second-order valence-corrected chi connectivity index (χ2v) is 9.10. The van der Waals surface area contributed by atoms with Crippen molar-refractivity contribution in [2.75, 3.05) is 6.54 Å². The van der Waals surface area contributed by atoms with Gasteiger partial charge in [-0.05, 0) is 51.8 Å². The first-order valence-corrected chi connectivity index (χ1v) is 9.66. The van der Waals surface area contributed by atoms with Crippen LogP contribution in [-0.4, -0.2) is 36.9 Å². The zero-order valence-electron chi connectivity index (χ0n) is 14.8. The summed E-state index contributed by atoms with van der Waals surface area (Å²) in [5, 5.41) is 0. The molecule has 1 aliphatic carbocycles. The summed E-state index contributed by atoms with van der Waals surface area (Å²) in [5.74, 6) is -0.553. The Balaban J connectivity index is 2.20. The van der Waals surface area contributed by atoms with Crippen LogP contribution in [0.2, 0.25) is 0 Å². The number of ether oxygens (including phenoxy) is 1. The van der Waals surface area contributed by atoms with Crippen molar-refractivity contribution in [1.29, 1.82) is 0 Å². The van der Waals surface area contributed by atoms with Crippen LogP contribution in [0.25, 0.3) is 0 Å². The van der Waals surface area contributed by atoms with Crippen molar-refractivity contribution in [3.8, 4) is 0 Å². The molecule has 0 N–H and O–H groups in total. The standard InChI is InChI=1S/C17H22F3NO4S/c1-16(2,3)25-15(22)9-10-21(13-7-8-13)26(23,24)14-6-4-5-12(11-14)17(18,19)20/h4-6,11,13H,7-10H2,1-3H3. The summed E-state index contributed by atoms with van der Waals surface area (Å²) in [6.45, 7) is 4.97. The Morgan fingerprint density at radius 1 is 1.23 bits per heavy atom. The molecule has 2 rings (SSSR count). The van der Waals surface area contributed by atoms with Crippen molar-refractivity contribution < 1.29 is 31.1 Å². The van der Waals surface area contributed by atoms with Gasteiger partial charge in [-0.3, -0.25) is 4.79 Å². The molecule has 1 fully saturated rings. The Labute approximate surface area is 151 Å². The van der Waals surface area contributed by atoms with Gasteiger partial charge in [-0.1, -0.05) is 6.07 Å². The number of hydrogen-bond acceptors (Lipinski definition) is 4. The Morgan fingerprint density at radius 2 is 1.85 bits per heavy atom. The zero-order chi connectivity index (χ0) is 19.8. The third kappa shape index (κ3) is 5.44. The average molecular weight is 393 g/mol. The molecule has 0 aliphatic heterocycles. The average Bonchev–Trinajstić information content (AvgIpc) is 3.29. The summed E-state index contributed by atoms with van der Waals surface area (Å²) >= 11 is 0. The Kier molecular flexibility index (Phi) is 5.72. The van der Waals surface area contributed by atoms with E-state index in [2.05, 4.69) is 0 Å². The second kappa shape index (κ2) is 7.19. The van der Waals surface area contributed by atoms with Gasteiger partial charge in [-0.25, -0.2) is 8.42 Å². The molecule has 0 atom stereocenters. The van der Waals surface area contributed by atoms with Gasteiger partial charge < -0.3 is 4.74 Å². The van der Waals surface area contributed by atoms with Gasteiger partial charge in [0.15, 0.2) is 0 Å². The number of rotatable bonds is 6. The Bertz CT molecular complexity index is 765. The van der Waals surface area contributed by atoms with Crippen LogP contribution in [-0.2, 0) is 25.7 Å². The second-order valence-electron chi connectivity index (χ2n) is 7.21. The van der Waals surface area contributed by atoms with Crippen LogP contribution in [0, 0.1) is 0 Å². The number of benzene rings is 1. The van der Waals surface area contributed by atoms with E-state index in [0.29, 0.717) is 18.9 Å². The van der Waals surface area contributed by atoms with Crippen LogP contribution >= 0.6 is 0 Å². The minimum atomic E-state index is -4.63. The van der Waals surface area contributed by atoms with Gasteiger partial charge in [0.05, 0.1) is 16.9 Å². The first kappa shape index (κ1) is 20.7. The van der Waals surface area contributed by atoms with Crippen molar-refractivity contribution in [3.63, 3.8) is 0 Å². The van der Waals surface area contributed by atoms with Crippen LogP contribution in [0.15, 0.2) is 29.2 Å². The van der Waals surface area contributed by atoms with Crippen molar-refractivity contribution in [2.24, 2.45) is 0 Å². The van der Waals surface area contributed by atoms with Gasteiger partial charge in [-0.15, -0.1) is 0 Å². The van der Waals surface area contributed by atoms with E-state index in [1.54, 1.807) is 20.8 Å². The molecule has 0 unspecified atom stereocenters. The quantitative estimate of drug-likeness (QED) is 0.693. The van der Waals surface area contributed by atoms with E-state index in [1.807, 2.05) is 0 Å². The monoisotopic (exact) mass is 393 g/mol. The van der Waals surface area contributed by atoms with Crippen molar-refractivity contribution in [1.82, 2.24) is 4.31 Å². The third-order valence-electron chi connectivity index (χ3n) is 3.68. The first-order valence-electron chi connectivity index (χ1n) is 8.22. The van der Waals surface area contributed by atoms with Crippen LogP contribution in [0.5, 0.6) is 0 Å². The molecular weight excluding hydrogens is 371 g/mol. The number of hydrogen-bond donors (Lipinski definition) is 0. The fourth-order valence-electron chi connectivity index (χ4n) is 2.42. The highest BCUT2D eigenvalue weighted by Crippen LogP contribution is 2.35. The zero-order valence-corrected chi connectivity index (χ0v) is 15.7. The van der Waals surface area contributed by atoms with Crippen LogP contribution in [0.1, 0.15) is 45.6 Å². The van der Waals surface area contributed by atoms with Crippen LogP contribution in [0.3, 0.4) is 0 Å². The number of carbonyl (C=O) groups is 1. The molecule has 0 bridgehead atoms. The smallest absolute Gasteiger partial charge is 0.416 e. The van der Waals surface area contributed by atoms with Gasteiger partial charge in [0.25, 0.3) is 0 Å². The minimum absolute atomic E-state index is 0.127. The lowest BCUT2D eigenvalue weighted by atomic mass is 10.2. The first-order chi connectivity index (χ1) is 11.8. The molecule has 1 aromatic rings. The molecule has 0 amide bonds. The fourth-order valence-corrected chi connectivity index (χ4v) is 4.16. The van der Waals surface area contributed by atoms with Crippen molar-refractivity contribution in [2.45, 2.75) is 62.7 Å². The van der Waals surface area contributed by atoms with Gasteiger partial charge in [-0.2, -0.15) is 17.5 Å². The maximum absolute atomic E-state index is 12.9. The summed E-state index contributed by atoms with van der Waals surface area (Å²) in [7, 11) is -4.13. The summed E-state index contributed by atoms with van der Waals surface area (Å²) in [4.78, 5) is 11.4. The number of carbonyl (C=O) groups excluding carboxylic acids is 1. The number of alkyl halides is 3. The maximum Gasteiger partial charge on any atom is 0.416 e. The summed E-state index contributed by atoms with van der Waals surface area (Å²) in [6.07, 6.45) is -3.56. The van der Waals surface area contributed by atoms with E-state index in [0.717, 1.165) is 22.5 Å². The lowest BCUT2D eigenvalue weighted by Gasteiger charge is -2.24. The lowest BCUT2D eigenvalue weighted by molar-refractivity contribution is -0.154. The molecule has 0 radical (unpaired) electrons. The lowest BCUT2D eigenvalue weighted by Crippen LogP contribution is -2.36. The molecular formula is C17H22F3NO4S. The molecule has 1 aliphatic rings. The molecule has 0 spiro atoms. The fraction of sp³-hybridized carbons (Fsp3) is 0.588. The molecule has 26 heavy (non-hydrogen) atoms. The van der Waals surface area contributed by atoms with E-state index in [4.69, 9.17) is 4.74 Å². The highest BCUT2D eigenvalue weighted by Gasteiger charge is 2.39. The van der Waals surface area contributed by atoms with E-state index < -0.39 is 38.2 Å². The Morgan fingerprint density at radius 3 is 2.35 bits per heavy atom. The van der Waals surface area contributed by atoms with Gasteiger partial charge in [0.1, 0.15) is 5.60 Å². The van der Waals surface area contributed by atoms with Gasteiger partial charge >= 0.3 is 12.1 Å². The molecule has 1 saturated carbocycles. The van der Waals surface area contributed by atoms with Crippen LogP contribution in [0.4, 0.5) is 13.2 Å². The van der Waals surface area contributed by atoms with Crippen molar-refractivity contribution in [3.05, 3.63) is 29.8 Å². The predicted molar refractivity (Wildman–Crippen MR) is 88.8 cm³/mol. The van der Waals surface area contributed by atoms with E-state index in [-0.39, 0.29) is 19.0 Å². The summed E-state index contributed by atoms with van der Waals surface area (Å²) in [6, 6.07) is 3.35. The third-order valence-corrected chi connectivity index (χ3v) is 5.63. The van der Waals surface area contributed by atoms with Gasteiger partial charge in [0.2, 0.25) is 10.0 Å². The number of sulfonamides is 1. The van der Waals surface area contributed by atoms with Crippen LogP contribution < -0.4 is 0 Å². The normalized spacial score (nSPS) is 16.0. The molecule has 5 nitrogen and oxygen atoms in total. The number of nitrogens with zero attached hydrogens (tertiary/aromatic N) is 1. The Hall–Kier alpha value is -1.61.